The number of alkyl halides is 2. The Hall–Kier alpha value is -0.750. The lowest BCUT2D eigenvalue weighted by molar-refractivity contribution is -0.133. The molecule has 1 saturated heterocycles. The van der Waals surface area contributed by atoms with Gasteiger partial charge in [0.05, 0.1) is 13.2 Å². The maximum atomic E-state index is 12.6. The maximum absolute atomic E-state index is 12.6. The zero-order chi connectivity index (χ0) is 10.1. The molecule has 1 rings (SSSR count). The van der Waals surface area contributed by atoms with Crippen LogP contribution < -0.4 is 5.73 Å². The lowest BCUT2D eigenvalue weighted by Crippen LogP contribution is -2.45. The number of aliphatic hydroxyl groups is 1. The largest absolute Gasteiger partial charge is 0.394 e. The molecule has 3 N–H and O–H groups in total. The molecule has 0 saturated carbocycles. The summed E-state index contributed by atoms with van der Waals surface area (Å²) in [6.45, 7) is -1.08. The molecule has 0 aliphatic carbocycles. The van der Waals surface area contributed by atoms with Crippen LogP contribution in [0, 0.1) is 0 Å². The van der Waals surface area contributed by atoms with Gasteiger partial charge < -0.3 is 15.7 Å². The molecule has 0 aromatic heterocycles. The van der Waals surface area contributed by atoms with Gasteiger partial charge in [0.25, 0.3) is 5.92 Å². The van der Waals surface area contributed by atoms with Gasteiger partial charge in [0.2, 0.25) is 5.91 Å². The number of carbonyl (C=O) groups is 1. The van der Waals surface area contributed by atoms with Gasteiger partial charge >= 0.3 is 0 Å². The highest BCUT2D eigenvalue weighted by Crippen LogP contribution is 2.26. The van der Waals surface area contributed by atoms with Crippen molar-refractivity contribution in [1.82, 2.24) is 4.90 Å². The number of carbonyl (C=O) groups excluding carboxylic acids is 1. The van der Waals surface area contributed by atoms with E-state index in [1.165, 1.54) is 0 Å². The highest BCUT2D eigenvalue weighted by Gasteiger charge is 2.41. The van der Waals surface area contributed by atoms with E-state index in [9.17, 15) is 13.6 Å². The third-order valence-electron chi connectivity index (χ3n) is 2.00. The van der Waals surface area contributed by atoms with Gasteiger partial charge in [-0.1, -0.05) is 0 Å². The first-order valence-corrected chi connectivity index (χ1v) is 3.99. The summed E-state index contributed by atoms with van der Waals surface area (Å²) in [4.78, 5) is 12.2. The van der Waals surface area contributed by atoms with Crippen LogP contribution in [0.25, 0.3) is 0 Å². The van der Waals surface area contributed by atoms with E-state index in [2.05, 4.69) is 0 Å². The number of rotatable bonds is 2. The molecule has 0 spiro atoms. The van der Waals surface area contributed by atoms with Crippen molar-refractivity contribution >= 4 is 5.91 Å². The Morgan fingerprint density at radius 3 is 2.69 bits per heavy atom. The second-order valence-electron chi connectivity index (χ2n) is 3.15. The molecule has 0 aromatic carbocycles. The van der Waals surface area contributed by atoms with Gasteiger partial charge in [-0.2, -0.15) is 0 Å². The van der Waals surface area contributed by atoms with E-state index < -0.39 is 31.0 Å². The smallest absolute Gasteiger partial charge is 0.267 e. The molecule has 1 unspecified atom stereocenters. The molecule has 0 bridgehead atoms. The minimum Gasteiger partial charge on any atom is -0.394 e. The van der Waals surface area contributed by atoms with Crippen LogP contribution >= 0.6 is 0 Å². The van der Waals surface area contributed by atoms with Crippen LogP contribution in [0.4, 0.5) is 8.78 Å². The Kier molecular flexibility index (Phi) is 2.82. The van der Waals surface area contributed by atoms with Crippen molar-refractivity contribution in [1.29, 1.82) is 0 Å². The Labute approximate surface area is 74.3 Å². The van der Waals surface area contributed by atoms with Gasteiger partial charge in [-0.3, -0.25) is 4.79 Å². The van der Waals surface area contributed by atoms with Crippen molar-refractivity contribution in [2.45, 2.75) is 18.4 Å². The topological polar surface area (TPSA) is 66.6 Å². The normalized spacial score (nSPS) is 23.2. The molecule has 13 heavy (non-hydrogen) atoms. The van der Waals surface area contributed by atoms with Gasteiger partial charge in [-0.05, 0) is 0 Å². The first kappa shape index (κ1) is 10.3. The fraction of sp³-hybridized carbons (Fsp3) is 0.857. The summed E-state index contributed by atoms with van der Waals surface area (Å²) in [5.41, 5.74) is 5.20. The molecule has 6 heteroatoms. The minimum atomic E-state index is -2.80. The molecule has 0 aromatic rings. The number of halogens is 2. The molecular formula is C7H12F2N2O2. The van der Waals surface area contributed by atoms with Crippen molar-refractivity contribution in [3.8, 4) is 0 Å². The highest BCUT2D eigenvalue weighted by molar-refractivity contribution is 5.82. The molecule has 1 fully saturated rings. The second kappa shape index (κ2) is 3.55. The average Bonchev–Trinajstić information content (AvgIpc) is 2.43. The third kappa shape index (κ3) is 2.35. The first-order valence-electron chi connectivity index (χ1n) is 3.99. The van der Waals surface area contributed by atoms with E-state index in [0.29, 0.717) is 0 Å². The predicted octanol–water partition coefficient (Wildman–Crippen LogP) is -0.826. The Bertz CT molecular complexity index is 211. The van der Waals surface area contributed by atoms with Gasteiger partial charge in [-0.15, -0.1) is 0 Å². The quantitative estimate of drug-likeness (QED) is 0.603. The van der Waals surface area contributed by atoms with Gasteiger partial charge in [0.15, 0.2) is 0 Å². The number of likely N-dealkylation sites (tertiary alicyclic amines) is 1. The summed E-state index contributed by atoms with van der Waals surface area (Å²) in [6, 6.07) is -1.08. The standard InChI is InChI=1S/C7H12F2N2O2/c8-7(9)1-2-11(4-7)6(13)5(10)3-12/h5,12H,1-4,10H2. The number of aliphatic hydroxyl groups excluding tert-OH is 1. The summed E-state index contributed by atoms with van der Waals surface area (Å²) in [5.74, 6) is -3.41. The summed E-state index contributed by atoms with van der Waals surface area (Å²) < 4.78 is 25.3. The summed E-state index contributed by atoms with van der Waals surface area (Å²) in [7, 11) is 0. The fourth-order valence-electron chi connectivity index (χ4n) is 1.24. The molecule has 1 atom stereocenters. The van der Waals surface area contributed by atoms with Crippen LogP contribution in [-0.2, 0) is 4.79 Å². The zero-order valence-electron chi connectivity index (χ0n) is 7.04. The monoisotopic (exact) mass is 194 g/mol. The molecule has 4 nitrogen and oxygen atoms in total. The van der Waals surface area contributed by atoms with Gasteiger partial charge in [0, 0.05) is 13.0 Å². The lowest BCUT2D eigenvalue weighted by atomic mass is 10.3. The molecule has 1 amide bonds. The van der Waals surface area contributed by atoms with Crippen molar-refractivity contribution in [2.24, 2.45) is 5.73 Å². The first-order chi connectivity index (χ1) is 5.96. The molecular weight excluding hydrogens is 182 g/mol. The van der Waals surface area contributed by atoms with Crippen LogP contribution in [0.3, 0.4) is 0 Å². The van der Waals surface area contributed by atoms with E-state index in [1.54, 1.807) is 0 Å². The molecule has 1 aliphatic heterocycles. The van der Waals surface area contributed by atoms with E-state index in [-0.39, 0.29) is 13.0 Å². The van der Waals surface area contributed by atoms with Crippen LogP contribution in [-0.4, -0.2) is 47.6 Å². The van der Waals surface area contributed by atoms with Crippen LogP contribution in [0.15, 0.2) is 0 Å². The van der Waals surface area contributed by atoms with E-state index in [1.807, 2.05) is 0 Å². The molecule has 0 radical (unpaired) electrons. The van der Waals surface area contributed by atoms with Crippen molar-refractivity contribution < 1.29 is 18.7 Å². The summed E-state index contributed by atoms with van der Waals surface area (Å²) in [6.07, 6.45) is -0.323. The maximum Gasteiger partial charge on any atom is 0.267 e. The average molecular weight is 194 g/mol. The Morgan fingerprint density at radius 2 is 2.31 bits per heavy atom. The summed E-state index contributed by atoms with van der Waals surface area (Å²) >= 11 is 0. The fourth-order valence-corrected chi connectivity index (χ4v) is 1.24. The molecule has 1 aliphatic rings. The van der Waals surface area contributed by atoms with Crippen LogP contribution in [0.1, 0.15) is 6.42 Å². The van der Waals surface area contributed by atoms with Crippen molar-refractivity contribution in [3.05, 3.63) is 0 Å². The third-order valence-corrected chi connectivity index (χ3v) is 2.00. The number of hydrogen-bond donors (Lipinski definition) is 2. The van der Waals surface area contributed by atoms with Crippen LogP contribution in [0.2, 0.25) is 0 Å². The van der Waals surface area contributed by atoms with E-state index in [4.69, 9.17) is 10.8 Å². The number of hydrogen-bond acceptors (Lipinski definition) is 3. The number of nitrogens with zero attached hydrogens (tertiary/aromatic N) is 1. The number of nitrogens with two attached hydrogens (primary N) is 1. The Morgan fingerprint density at radius 1 is 1.69 bits per heavy atom. The Balaban J connectivity index is 2.51. The highest BCUT2D eigenvalue weighted by atomic mass is 19.3. The number of amides is 1. The van der Waals surface area contributed by atoms with Gasteiger partial charge in [0.1, 0.15) is 6.04 Å². The van der Waals surface area contributed by atoms with E-state index in [0.717, 1.165) is 4.90 Å². The lowest BCUT2D eigenvalue weighted by Gasteiger charge is -2.18. The molecule has 76 valence electrons. The minimum absolute atomic E-state index is 0.0134. The van der Waals surface area contributed by atoms with Crippen molar-refractivity contribution in [3.63, 3.8) is 0 Å². The zero-order valence-corrected chi connectivity index (χ0v) is 7.04. The molecule has 1 heterocycles. The van der Waals surface area contributed by atoms with Crippen LogP contribution in [0.5, 0.6) is 0 Å². The second-order valence-corrected chi connectivity index (χ2v) is 3.15. The van der Waals surface area contributed by atoms with Gasteiger partial charge in [-0.25, -0.2) is 8.78 Å². The van der Waals surface area contributed by atoms with Crippen molar-refractivity contribution in [2.75, 3.05) is 19.7 Å². The SMILES string of the molecule is NC(CO)C(=O)N1CCC(F)(F)C1. The summed E-state index contributed by atoms with van der Waals surface area (Å²) in [5, 5.41) is 8.54. The predicted molar refractivity (Wildman–Crippen MR) is 41.2 cm³/mol. The van der Waals surface area contributed by atoms with E-state index >= 15 is 0 Å².